The summed E-state index contributed by atoms with van der Waals surface area (Å²) in [4.78, 5) is 0. The molecule has 1 aliphatic carbocycles. The van der Waals surface area contributed by atoms with Gasteiger partial charge in [-0.2, -0.15) is 11.8 Å². The van der Waals surface area contributed by atoms with Gasteiger partial charge in [0.05, 0.1) is 6.10 Å². The number of aliphatic hydroxyl groups excluding tert-OH is 1. The van der Waals surface area contributed by atoms with E-state index < -0.39 is 0 Å². The van der Waals surface area contributed by atoms with Gasteiger partial charge in [0.15, 0.2) is 0 Å². The standard InChI is InChI=1S/C8H16OS/c1-10-6-5-7-3-2-4-8(7)9/h7-9H,2-6H2,1H3. The first-order valence-electron chi connectivity index (χ1n) is 4.01. The summed E-state index contributed by atoms with van der Waals surface area (Å²) in [6, 6.07) is 0. The normalized spacial score (nSPS) is 33.0. The summed E-state index contributed by atoms with van der Waals surface area (Å²) in [5, 5.41) is 9.41. The Balaban J connectivity index is 2.14. The first kappa shape index (κ1) is 8.41. The summed E-state index contributed by atoms with van der Waals surface area (Å²) < 4.78 is 0. The second-order valence-corrected chi connectivity index (χ2v) is 4.03. The fourth-order valence-electron chi connectivity index (χ4n) is 1.62. The molecule has 0 aromatic heterocycles. The summed E-state index contributed by atoms with van der Waals surface area (Å²) in [5.41, 5.74) is 0. The summed E-state index contributed by atoms with van der Waals surface area (Å²) in [6.07, 6.45) is 6.89. The number of rotatable bonds is 3. The van der Waals surface area contributed by atoms with Crippen molar-refractivity contribution in [3.05, 3.63) is 0 Å². The number of aliphatic hydroxyl groups is 1. The molecule has 1 fully saturated rings. The molecule has 0 amide bonds. The topological polar surface area (TPSA) is 20.2 Å². The van der Waals surface area contributed by atoms with Crippen molar-refractivity contribution in [1.82, 2.24) is 0 Å². The third kappa shape index (κ3) is 2.17. The summed E-state index contributed by atoms with van der Waals surface area (Å²) in [7, 11) is 0. The minimum Gasteiger partial charge on any atom is -0.393 e. The van der Waals surface area contributed by atoms with Crippen LogP contribution in [0.2, 0.25) is 0 Å². The van der Waals surface area contributed by atoms with Crippen LogP contribution in [0, 0.1) is 5.92 Å². The molecule has 2 unspecified atom stereocenters. The zero-order valence-electron chi connectivity index (χ0n) is 6.55. The Labute approximate surface area is 67.2 Å². The maximum atomic E-state index is 9.41. The molecule has 0 saturated heterocycles. The van der Waals surface area contributed by atoms with Gasteiger partial charge in [0.25, 0.3) is 0 Å². The molecule has 0 heterocycles. The van der Waals surface area contributed by atoms with Crippen LogP contribution >= 0.6 is 11.8 Å². The van der Waals surface area contributed by atoms with E-state index in [-0.39, 0.29) is 6.10 Å². The van der Waals surface area contributed by atoms with Gasteiger partial charge >= 0.3 is 0 Å². The lowest BCUT2D eigenvalue weighted by molar-refractivity contribution is 0.131. The second kappa shape index (κ2) is 4.24. The Morgan fingerprint density at radius 1 is 1.50 bits per heavy atom. The molecule has 1 aliphatic rings. The first-order chi connectivity index (χ1) is 4.84. The van der Waals surface area contributed by atoms with Crippen LogP contribution < -0.4 is 0 Å². The molecular weight excluding hydrogens is 144 g/mol. The monoisotopic (exact) mass is 160 g/mol. The smallest absolute Gasteiger partial charge is 0.0568 e. The molecule has 1 N–H and O–H groups in total. The van der Waals surface area contributed by atoms with Gasteiger partial charge in [0, 0.05) is 0 Å². The van der Waals surface area contributed by atoms with Crippen LogP contribution in [0.25, 0.3) is 0 Å². The van der Waals surface area contributed by atoms with Crippen molar-refractivity contribution in [2.45, 2.75) is 31.8 Å². The maximum Gasteiger partial charge on any atom is 0.0568 e. The highest BCUT2D eigenvalue weighted by atomic mass is 32.2. The van der Waals surface area contributed by atoms with Crippen molar-refractivity contribution in [1.29, 1.82) is 0 Å². The van der Waals surface area contributed by atoms with Crippen molar-refractivity contribution in [3.63, 3.8) is 0 Å². The number of thioether (sulfide) groups is 1. The lowest BCUT2D eigenvalue weighted by atomic mass is 10.0. The minimum atomic E-state index is 0.0205. The van der Waals surface area contributed by atoms with Gasteiger partial charge in [-0.05, 0) is 37.2 Å². The van der Waals surface area contributed by atoms with E-state index in [9.17, 15) is 5.11 Å². The fraction of sp³-hybridized carbons (Fsp3) is 1.00. The zero-order valence-corrected chi connectivity index (χ0v) is 7.36. The van der Waals surface area contributed by atoms with Crippen LogP contribution in [-0.4, -0.2) is 23.2 Å². The molecule has 1 rings (SSSR count). The highest BCUT2D eigenvalue weighted by Crippen LogP contribution is 2.28. The first-order valence-corrected chi connectivity index (χ1v) is 5.41. The van der Waals surface area contributed by atoms with Gasteiger partial charge < -0.3 is 5.11 Å². The Kier molecular flexibility index (Phi) is 3.57. The van der Waals surface area contributed by atoms with Gasteiger partial charge in [0.1, 0.15) is 0 Å². The van der Waals surface area contributed by atoms with E-state index in [4.69, 9.17) is 0 Å². The fourth-order valence-corrected chi connectivity index (χ4v) is 2.16. The van der Waals surface area contributed by atoms with Crippen LogP contribution in [0.1, 0.15) is 25.7 Å². The lowest BCUT2D eigenvalue weighted by Crippen LogP contribution is -2.13. The van der Waals surface area contributed by atoms with Crippen molar-refractivity contribution in [3.8, 4) is 0 Å². The summed E-state index contributed by atoms with van der Waals surface area (Å²) in [5.74, 6) is 1.83. The van der Waals surface area contributed by atoms with Gasteiger partial charge in [-0.1, -0.05) is 6.42 Å². The Morgan fingerprint density at radius 2 is 2.30 bits per heavy atom. The molecule has 0 radical (unpaired) electrons. The molecule has 10 heavy (non-hydrogen) atoms. The molecule has 1 saturated carbocycles. The van der Waals surface area contributed by atoms with Gasteiger partial charge in [-0.15, -0.1) is 0 Å². The van der Waals surface area contributed by atoms with Crippen LogP contribution in [-0.2, 0) is 0 Å². The molecule has 0 aliphatic heterocycles. The molecule has 2 atom stereocenters. The molecule has 2 heteroatoms. The third-order valence-corrected chi connectivity index (χ3v) is 2.96. The van der Waals surface area contributed by atoms with Crippen LogP contribution in [0.3, 0.4) is 0 Å². The Hall–Kier alpha value is 0.310. The number of hydrogen-bond acceptors (Lipinski definition) is 2. The molecule has 1 nitrogen and oxygen atoms in total. The van der Waals surface area contributed by atoms with E-state index in [1.165, 1.54) is 25.0 Å². The zero-order chi connectivity index (χ0) is 7.40. The SMILES string of the molecule is CSCCC1CCCC1O. The maximum absolute atomic E-state index is 9.41. The second-order valence-electron chi connectivity index (χ2n) is 3.04. The van der Waals surface area contributed by atoms with E-state index in [0.717, 1.165) is 6.42 Å². The van der Waals surface area contributed by atoms with Crippen LogP contribution in [0.15, 0.2) is 0 Å². The molecular formula is C8H16OS. The van der Waals surface area contributed by atoms with E-state index in [1.807, 2.05) is 11.8 Å². The predicted octanol–water partition coefficient (Wildman–Crippen LogP) is 1.90. The molecule has 60 valence electrons. The van der Waals surface area contributed by atoms with Crippen molar-refractivity contribution in [2.24, 2.45) is 5.92 Å². The quantitative estimate of drug-likeness (QED) is 0.680. The Morgan fingerprint density at radius 3 is 2.80 bits per heavy atom. The van der Waals surface area contributed by atoms with Crippen molar-refractivity contribution < 1.29 is 5.11 Å². The van der Waals surface area contributed by atoms with Crippen molar-refractivity contribution >= 4 is 11.8 Å². The molecule has 0 bridgehead atoms. The van der Waals surface area contributed by atoms with Crippen LogP contribution in [0.4, 0.5) is 0 Å². The largest absolute Gasteiger partial charge is 0.393 e. The average molecular weight is 160 g/mol. The minimum absolute atomic E-state index is 0.0205. The van der Waals surface area contributed by atoms with Gasteiger partial charge in [-0.3, -0.25) is 0 Å². The third-order valence-electron chi connectivity index (χ3n) is 2.31. The summed E-state index contributed by atoms with van der Waals surface area (Å²) >= 11 is 1.88. The highest BCUT2D eigenvalue weighted by molar-refractivity contribution is 7.98. The Bertz CT molecular complexity index is 95.3. The van der Waals surface area contributed by atoms with Gasteiger partial charge in [0.2, 0.25) is 0 Å². The predicted molar refractivity (Wildman–Crippen MR) is 46.3 cm³/mol. The van der Waals surface area contributed by atoms with E-state index in [0.29, 0.717) is 5.92 Å². The van der Waals surface area contributed by atoms with Crippen molar-refractivity contribution in [2.75, 3.05) is 12.0 Å². The van der Waals surface area contributed by atoms with E-state index in [2.05, 4.69) is 6.26 Å². The van der Waals surface area contributed by atoms with E-state index >= 15 is 0 Å². The number of hydrogen-bond donors (Lipinski definition) is 1. The molecule has 0 aromatic carbocycles. The molecule has 0 spiro atoms. The lowest BCUT2D eigenvalue weighted by Gasteiger charge is -2.12. The summed E-state index contributed by atoms with van der Waals surface area (Å²) in [6.45, 7) is 0. The average Bonchev–Trinajstić information content (AvgIpc) is 2.31. The highest BCUT2D eigenvalue weighted by Gasteiger charge is 2.23. The van der Waals surface area contributed by atoms with E-state index in [1.54, 1.807) is 0 Å². The molecule has 0 aromatic rings. The van der Waals surface area contributed by atoms with Crippen LogP contribution in [0.5, 0.6) is 0 Å². The van der Waals surface area contributed by atoms with Gasteiger partial charge in [-0.25, -0.2) is 0 Å².